The first-order valence-corrected chi connectivity index (χ1v) is 6.46. The van der Waals surface area contributed by atoms with Crippen molar-refractivity contribution in [1.29, 1.82) is 0 Å². The average Bonchev–Trinajstić information content (AvgIpc) is 2.62. The van der Waals surface area contributed by atoms with Gasteiger partial charge in [0.25, 0.3) is 0 Å². The molecule has 1 fully saturated rings. The second-order valence-corrected chi connectivity index (χ2v) is 5.47. The Bertz CT molecular complexity index is 262. The Morgan fingerprint density at radius 1 is 1.43 bits per heavy atom. The molecule has 1 N–H and O–H groups in total. The molecular formula is C12H19NS. The second-order valence-electron chi connectivity index (χ2n) is 4.43. The summed E-state index contributed by atoms with van der Waals surface area (Å²) >= 11 is 1.90. The van der Waals surface area contributed by atoms with Crippen molar-refractivity contribution in [2.24, 2.45) is 5.41 Å². The van der Waals surface area contributed by atoms with Crippen molar-refractivity contribution in [2.75, 3.05) is 13.1 Å². The molecule has 2 rings (SSSR count). The van der Waals surface area contributed by atoms with Crippen LogP contribution < -0.4 is 5.32 Å². The van der Waals surface area contributed by atoms with Crippen molar-refractivity contribution >= 4 is 11.3 Å². The van der Waals surface area contributed by atoms with Gasteiger partial charge in [0.15, 0.2) is 0 Å². The Morgan fingerprint density at radius 2 is 2.29 bits per heavy atom. The van der Waals surface area contributed by atoms with Crippen LogP contribution in [-0.2, 0) is 6.42 Å². The van der Waals surface area contributed by atoms with Gasteiger partial charge in [0.05, 0.1) is 0 Å². The average molecular weight is 209 g/mol. The molecule has 0 bridgehead atoms. The first-order chi connectivity index (χ1) is 6.85. The molecule has 1 aromatic rings. The summed E-state index contributed by atoms with van der Waals surface area (Å²) in [4.78, 5) is 1.55. The molecule has 0 aromatic carbocycles. The van der Waals surface area contributed by atoms with Gasteiger partial charge < -0.3 is 5.32 Å². The third kappa shape index (κ3) is 2.18. The predicted molar refractivity (Wildman–Crippen MR) is 62.9 cm³/mol. The smallest absolute Gasteiger partial charge is 0.00454 e. The molecule has 1 saturated heterocycles. The maximum atomic E-state index is 3.42. The molecule has 78 valence electrons. The fourth-order valence-electron chi connectivity index (χ4n) is 2.33. The van der Waals surface area contributed by atoms with E-state index in [4.69, 9.17) is 0 Å². The van der Waals surface area contributed by atoms with E-state index in [9.17, 15) is 0 Å². The molecule has 0 spiro atoms. The highest BCUT2D eigenvalue weighted by atomic mass is 32.1. The van der Waals surface area contributed by atoms with Crippen LogP contribution in [0.25, 0.3) is 0 Å². The molecule has 0 aliphatic carbocycles. The number of hydrogen-bond acceptors (Lipinski definition) is 2. The minimum atomic E-state index is 0.638. The number of nitrogens with one attached hydrogen (secondary N) is 1. The lowest BCUT2D eigenvalue weighted by Crippen LogP contribution is -2.53. The van der Waals surface area contributed by atoms with Crippen molar-refractivity contribution in [3.8, 4) is 0 Å². The van der Waals surface area contributed by atoms with Crippen LogP contribution in [-0.4, -0.2) is 13.1 Å². The van der Waals surface area contributed by atoms with Gasteiger partial charge in [0.1, 0.15) is 0 Å². The lowest BCUT2D eigenvalue weighted by Gasteiger charge is -2.43. The van der Waals surface area contributed by atoms with Gasteiger partial charge in [-0.15, -0.1) is 11.3 Å². The van der Waals surface area contributed by atoms with Crippen LogP contribution in [0.1, 0.15) is 31.1 Å². The fraction of sp³-hybridized carbons (Fsp3) is 0.667. The molecule has 14 heavy (non-hydrogen) atoms. The first kappa shape index (κ1) is 10.2. The Morgan fingerprint density at radius 3 is 2.79 bits per heavy atom. The number of thiophene rings is 1. The van der Waals surface area contributed by atoms with E-state index in [-0.39, 0.29) is 0 Å². The van der Waals surface area contributed by atoms with E-state index in [0.29, 0.717) is 5.41 Å². The monoisotopic (exact) mass is 209 g/mol. The van der Waals surface area contributed by atoms with Crippen molar-refractivity contribution < 1.29 is 0 Å². The Kier molecular flexibility index (Phi) is 3.24. The summed E-state index contributed by atoms with van der Waals surface area (Å²) in [5.74, 6) is 0. The van der Waals surface area contributed by atoms with Gasteiger partial charge in [0.2, 0.25) is 0 Å². The second kappa shape index (κ2) is 4.45. The summed E-state index contributed by atoms with van der Waals surface area (Å²) in [5, 5.41) is 5.60. The van der Waals surface area contributed by atoms with Crippen molar-refractivity contribution in [1.82, 2.24) is 5.32 Å². The van der Waals surface area contributed by atoms with Gasteiger partial charge >= 0.3 is 0 Å². The van der Waals surface area contributed by atoms with Gasteiger partial charge in [-0.2, -0.15) is 0 Å². The van der Waals surface area contributed by atoms with Crippen molar-refractivity contribution in [3.63, 3.8) is 0 Å². The molecule has 0 amide bonds. The number of hydrogen-bond donors (Lipinski definition) is 1. The molecular weight excluding hydrogens is 190 g/mol. The molecule has 0 unspecified atom stereocenters. The molecule has 0 saturated carbocycles. The van der Waals surface area contributed by atoms with Crippen molar-refractivity contribution in [3.05, 3.63) is 22.4 Å². The van der Waals surface area contributed by atoms with E-state index >= 15 is 0 Å². The van der Waals surface area contributed by atoms with Crippen LogP contribution in [0, 0.1) is 5.41 Å². The maximum absolute atomic E-state index is 3.42. The molecule has 1 aliphatic rings. The zero-order valence-electron chi connectivity index (χ0n) is 8.88. The summed E-state index contributed by atoms with van der Waals surface area (Å²) in [5.41, 5.74) is 0.638. The van der Waals surface area contributed by atoms with E-state index in [1.54, 1.807) is 4.88 Å². The van der Waals surface area contributed by atoms with Crippen LogP contribution in [0.15, 0.2) is 17.5 Å². The third-order valence-electron chi connectivity index (χ3n) is 3.26. The molecule has 0 radical (unpaired) electrons. The van der Waals surface area contributed by atoms with Crippen LogP contribution in [0.4, 0.5) is 0 Å². The minimum Gasteiger partial charge on any atom is -0.316 e. The van der Waals surface area contributed by atoms with Gasteiger partial charge in [-0.05, 0) is 36.1 Å². The van der Waals surface area contributed by atoms with E-state index in [1.807, 2.05) is 11.3 Å². The number of rotatable bonds is 5. The summed E-state index contributed by atoms with van der Waals surface area (Å²) < 4.78 is 0. The summed E-state index contributed by atoms with van der Waals surface area (Å²) in [7, 11) is 0. The van der Waals surface area contributed by atoms with Gasteiger partial charge in [-0.3, -0.25) is 0 Å². The summed E-state index contributed by atoms with van der Waals surface area (Å²) in [6.45, 7) is 4.78. The zero-order valence-corrected chi connectivity index (χ0v) is 9.70. The van der Waals surface area contributed by atoms with Gasteiger partial charge in [-0.25, -0.2) is 0 Å². The quantitative estimate of drug-likeness (QED) is 0.786. The topological polar surface area (TPSA) is 12.0 Å². The van der Waals surface area contributed by atoms with Crippen LogP contribution in [0.3, 0.4) is 0 Å². The third-order valence-corrected chi connectivity index (χ3v) is 4.20. The van der Waals surface area contributed by atoms with E-state index in [0.717, 1.165) is 0 Å². The molecule has 0 atom stereocenters. The SMILES string of the molecule is CCCC1(CCc2cccs2)CNC1. The van der Waals surface area contributed by atoms with E-state index in [2.05, 4.69) is 29.8 Å². The largest absolute Gasteiger partial charge is 0.316 e. The Labute approximate surface area is 90.5 Å². The van der Waals surface area contributed by atoms with Crippen LogP contribution in [0.2, 0.25) is 0 Å². The van der Waals surface area contributed by atoms with Crippen molar-refractivity contribution in [2.45, 2.75) is 32.6 Å². The maximum Gasteiger partial charge on any atom is 0.00454 e. The summed E-state index contributed by atoms with van der Waals surface area (Å²) in [6, 6.07) is 4.42. The lowest BCUT2D eigenvalue weighted by atomic mass is 9.74. The Balaban J connectivity index is 1.83. The lowest BCUT2D eigenvalue weighted by molar-refractivity contribution is 0.137. The van der Waals surface area contributed by atoms with Crippen LogP contribution >= 0.6 is 11.3 Å². The Hall–Kier alpha value is -0.340. The normalized spacial score (nSPS) is 19.2. The summed E-state index contributed by atoms with van der Waals surface area (Å²) in [6.07, 6.45) is 5.37. The van der Waals surface area contributed by atoms with Gasteiger partial charge in [0, 0.05) is 18.0 Å². The van der Waals surface area contributed by atoms with E-state index < -0.39 is 0 Å². The minimum absolute atomic E-state index is 0.638. The highest BCUT2D eigenvalue weighted by Gasteiger charge is 2.35. The van der Waals surface area contributed by atoms with E-state index in [1.165, 1.54) is 38.8 Å². The fourth-order valence-corrected chi connectivity index (χ4v) is 3.04. The molecule has 1 aromatic heterocycles. The molecule has 1 aliphatic heterocycles. The highest BCUT2D eigenvalue weighted by molar-refractivity contribution is 7.09. The standard InChI is InChI=1S/C12H19NS/c1-2-6-12(9-13-10-12)7-5-11-4-3-8-14-11/h3-4,8,13H,2,5-7,9-10H2,1H3. The number of aryl methyl sites for hydroxylation is 1. The zero-order chi connectivity index (χ0) is 9.86. The molecule has 1 nitrogen and oxygen atoms in total. The molecule has 2 heteroatoms. The van der Waals surface area contributed by atoms with Gasteiger partial charge in [-0.1, -0.05) is 19.4 Å². The first-order valence-electron chi connectivity index (χ1n) is 5.58. The predicted octanol–water partition coefficient (Wildman–Crippen LogP) is 3.07. The highest BCUT2D eigenvalue weighted by Crippen LogP contribution is 2.34. The molecule has 2 heterocycles. The van der Waals surface area contributed by atoms with Crippen LogP contribution in [0.5, 0.6) is 0 Å².